The molecule has 4 N–H and O–H groups in total. The van der Waals surface area contributed by atoms with Gasteiger partial charge in [0.25, 0.3) is 0 Å². The van der Waals surface area contributed by atoms with E-state index in [-0.39, 0.29) is 23.3 Å². The summed E-state index contributed by atoms with van der Waals surface area (Å²) in [6.07, 6.45) is 3.42. The number of amides is 2. The number of nitrogens with one attached hydrogen (secondary N) is 3. The van der Waals surface area contributed by atoms with E-state index in [9.17, 15) is 19.1 Å². The molecule has 2 aliphatic heterocycles. The first-order chi connectivity index (χ1) is 17.2. The fraction of sp³-hybridized carbons (Fsp3) is 0.571. The quantitative estimate of drug-likeness (QED) is 0.464. The molecule has 6 nitrogen and oxygen atoms in total. The number of carbonyl (C=O) groups excluding carboxylic acids is 2. The van der Waals surface area contributed by atoms with E-state index >= 15 is 4.39 Å². The number of benzene rings is 1. The van der Waals surface area contributed by atoms with E-state index in [0.29, 0.717) is 35.5 Å². The first-order valence-corrected chi connectivity index (χ1v) is 13.2. The van der Waals surface area contributed by atoms with Gasteiger partial charge in [-0.2, -0.15) is 0 Å². The molecule has 2 heterocycles. The summed E-state index contributed by atoms with van der Waals surface area (Å²) in [6.45, 7) is 7.83. The van der Waals surface area contributed by atoms with Gasteiger partial charge in [-0.1, -0.05) is 50.6 Å². The highest BCUT2D eigenvalue weighted by molar-refractivity contribution is 6.31. The lowest BCUT2D eigenvalue weighted by Crippen LogP contribution is -2.58. The second-order valence-corrected chi connectivity index (χ2v) is 13.0. The standard InChI is InChI=1S/C28H34ClF2N3O3/c1-26(2,3)13-20-28(17-9-8-14(29)10-19(17)33-25(28)36)21(16-6-5-7-18(30)22(16)31)23(34-20)24(35)32-15-11-27(4,37)12-15/h5-10,15-16,20-23,34,37H,11-13H2,1-4H3,(H,32,35)(H,33,36)/t15?,16?,20-,21+,22?,23-,27?,28+/m1/s1. The topological polar surface area (TPSA) is 90.5 Å². The van der Waals surface area contributed by atoms with Crippen molar-refractivity contribution in [3.63, 3.8) is 0 Å². The van der Waals surface area contributed by atoms with Crippen molar-refractivity contribution in [3.8, 4) is 0 Å². The van der Waals surface area contributed by atoms with Crippen LogP contribution in [-0.2, 0) is 15.0 Å². The van der Waals surface area contributed by atoms with Gasteiger partial charge < -0.3 is 21.1 Å². The minimum atomic E-state index is -1.99. The summed E-state index contributed by atoms with van der Waals surface area (Å²) in [6, 6.07) is 3.36. The average Bonchev–Trinajstić information content (AvgIpc) is 3.23. The lowest BCUT2D eigenvalue weighted by Gasteiger charge is -2.43. The van der Waals surface area contributed by atoms with E-state index in [4.69, 9.17) is 11.6 Å². The number of allylic oxidation sites excluding steroid dienone is 4. The van der Waals surface area contributed by atoms with Crippen LogP contribution in [-0.4, -0.2) is 46.8 Å². The molecule has 0 bridgehead atoms. The monoisotopic (exact) mass is 533 g/mol. The van der Waals surface area contributed by atoms with E-state index in [0.717, 1.165) is 6.08 Å². The predicted octanol–water partition coefficient (Wildman–Crippen LogP) is 4.33. The van der Waals surface area contributed by atoms with Crippen molar-refractivity contribution < 1.29 is 23.5 Å². The molecule has 1 saturated heterocycles. The Labute approximate surface area is 220 Å². The number of hydrogen-bond acceptors (Lipinski definition) is 4. The van der Waals surface area contributed by atoms with Gasteiger partial charge in [0.2, 0.25) is 11.8 Å². The van der Waals surface area contributed by atoms with E-state index < -0.39 is 46.9 Å². The number of aliphatic hydroxyl groups is 1. The Hall–Kier alpha value is -2.29. The van der Waals surface area contributed by atoms with Crippen molar-refractivity contribution in [2.24, 2.45) is 17.3 Å². The Balaban J connectivity index is 1.64. The number of hydrogen-bond donors (Lipinski definition) is 4. The molecular weight excluding hydrogens is 500 g/mol. The minimum Gasteiger partial charge on any atom is -0.390 e. The Kier molecular flexibility index (Phi) is 6.32. The first kappa shape index (κ1) is 26.3. The van der Waals surface area contributed by atoms with Gasteiger partial charge in [-0.25, -0.2) is 8.78 Å². The highest BCUT2D eigenvalue weighted by Crippen LogP contribution is 2.56. The van der Waals surface area contributed by atoms with Gasteiger partial charge in [-0.3, -0.25) is 9.59 Å². The zero-order chi connectivity index (χ0) is 26.9. The molecule has 0 aromatic heterocycles. The maximum atomic E-state index is 15.6. The third-order valence-corrected chi connectivity index (χ3v) is 8.52. The normalized spacial score (nSPS) is 38.7. The Morgan fingerprint density at radius 3 is 2.65 bits per heavy atom. The van der Waals surface area contributed by atoms with Crippen molar-refractivity contribution in [2.45, 2.75) is 82.3 Å². The average molecular weight is 534 g/mol. The molecule has 2 fully saturated rings. The van der Waals surface area contributed by atoms with E-state index in [1.54, 1.807) is 31.2 Å². The van der Waals surface area contributed by atoms with Crippen LogP contribution >= 0.6 is 11.6 Å². The van der Waals surface area contributed by atoms with Gasteiger partial charge >= 0.3 is 0 Å². The molecule has 4 aliphatic rings. The summed E-state index contributed by atoms with van der Waals surface area (Å²) in [5.74, 6) is -3.64. The fourth-order valence-corrected chi connectivity index (χ4v) is 7.07. The van der Waals surface area contributed by atoms with E-state index in [1.165, 1.54) is 6.08 Å². The van der Waals surface area contributed by atoms with Crippen LogP contribution in [0.25, 0.3) is 0 Å². The van der Waals surface area contributed by atoms with Gasteiger partial charge in [-0.15, -0.1) is 0 Å². The highest BCUT2D eigenvalue weighted by atomic mass is 35.5. The number of alkyl halides is 1. The van der Waals surface area contributed by atoms with Crippen LogP contribution in [0.2, 0.25) is 5.02 Å². The molecule has 37 heavy (non-hydrogen) atoms. The third-order valence-electron chi connectivity index (χ3n) is 8.29. The molecular formula is C28H34ClF2N3O3. The number of halogens is 3. The van der Waals surface area contributed by atoms with Crippen LogP contribution < -0.4 is 16.0 Å². The summed E-state index contributed by atoms with van der Waals surface area (Å²) >= 11 is 6.24. The van der Waals surface area contributed by atoms with Crippen LogP contribution in [0.3, 0.4) is 0 Å². The minimum absolute atomic E-state index is 0.231. The Bertz CT molecular complexity index is 1190. The summed E-state index contributed by atoms with van der Waals surface area (Å²) in [7, 11) is 0. The summed E-state index contributed by atoms with van der Waals surface area (Å²) < 4.78 is 30.2. The SMILES string of the molecule is CC(C)(C)C[C@H]1N[C@@H](C(=O)NC2CC(C)(O)C2)[C@H](C2C=CC=C(F)C2F)[C@@]12C(=O)Nc1cc(Cl)ccc12. The largest absolute Gasteiger partial charge is 0.390 e. The Morgan fingerprint density at radius 1 is 1.30 bits per heavy atom. The second kappa shape index (κ2) is 8.89. The molecule has 0 radical (unpaired) electrons. The lowest BCUT2D eigenvalue weighted by atomic mass is 9.59. The second-order valence-electron chi connectivity index (χ2n) is 12.5. The summed E-state index contributed by atoms with van der Waals surface area (Å²) in [5.41, 5.74) is -1.27. The van der Waals surface area contributed by atoms with E-state index in [1.807, 2.05) is 20.8 Å². The number of fused-ring (bicyclic) bond motifs is 2. The molecule has 1 aromatic carbocycles. The van der Waals surface area contributed by atoms with Crippen LogP contribution in [0.5, 0.6) is 0 Å². The molecule has 2 unspecified atom stereocenters. The molecule has 5 rings (SSSR count). The maximum Gasteiger partial charge on any atom is 0.237 e. The van der Waals surface area contributed by atoms with Crippen molar-refractivity contribution in [1.29, 1.82) is 0 Å². The molecule has 9 heteroatoms. The smallest absolute Gasteiger partial charge is 0.237 e. The van der Waals surface area contributed by atoms with Gasteiger partial charge in [0.1, 0.15) is 5.83 Å². The van der Waals surface area contributed by atoms with Crippen molar-refractivity contribution in [3.05, 3.63) is 52.8 Å². The van der Waals surface area contributed by atoms with Crippen LogP contribution in [0.15, 0.2) is 42.3 Å². The molecule has 6 atom stereocenters. The van der Waals surface area contributed by atoms with Crippen LogP contribution in [0.4, 0.5) is 14.5 Å². The van der Waals surface area contributed by atoms with Gasteiger partial charge in [-0.05, 0) is 55.4 Å². The summed E-state index contributed by atoms with van der Waals surface area (Å²) in [5, 5.41) is 19.9. The molecule has 2 aliphatic carbocycles. The molecule has 1 spiro atoms. The van der Waals surface area contributed by atoms with Crippen molar-refractivity contribution >= 4 is 29.1 Å². The predicted molar refractivity (Wildman–Crippen MR) is 139 cm³/mol. The fourth-order valence-electron chi connectivity index (χ4n) is 6.90. The molecule has 2 amide bonds. The third kappa shape index (κ3) is 4.41. The summed E-state index contributed by atoms with van der Waals surface area (Å²) in [4.78, 5) is 27.8. The number of carbonyl (C=O) groups is 2. The van der Waals surface area contributed by atoms with Crippen LogP contribution in [0.1, 0.15) is 52.5 Å². The van der Waals surface area contributed by atoms with Crippen molar-refractivity contribution in [2.75, 3.05) is 5.32 Å². The van der Waals surface area contributed by atoms with Gasteiger partial charge in [0.05, 0.1) is 17.1 Å². The zero-order valence-electron chi connectivity index (χ0n) is 21.4. The molecule has 200 valence electrons. The lowest BCUT2D eigenvalue weighted by molar-refractivity contribution is -0.129. The van der Waals surface area contributed by atoms with Crippen LogP contribution in [0, 0.1) is 17.3 Å². The number of rotatable bonds is 4. The highest BCUT2D eigenvalue weighted by Gasteiger charge is 2.68. The molecule has 1 saturated carbocycles. The Morgan fingerprint density at radius 2 is 2.00 bits per heavy atom. The number of anilines is 1. The van der Waals surface area contributed by atoms with Gasteiger partial charge in [0, 0.05) is 34.6 Å². The zero-order valence-corrected chi connectivity index (χ0v) is 22.2. The molecule has 1 aromatic rings. The van der Waals surface area contributed by atoms with Crippen molar-refractivity contribution in [1.82, 2.24) is 10.6 Å². The first-order valence-electron chi connectivity index (χ1n) is 12.8. The van der Waals surface area contributed by atoms with Gasteiger partial charge in [0.15, 0.2) is 6.17 Å². The maximum absolute atomic E-state index is 15.6. The van der Waals surface area contributed by atoms with E-state index in [2.05, 4.69) is 16.0 Å².